The lowest BCUT2D eigenvalue weighted by Gasteiger charge is -2.13. The molecule has 0 radical (unpaired) electrons. The van der Waals surface area contributed by atoms with Crippen molar-refractivity contribution in [1.82, 2.24) is 0 Å². The van der Waals surface area contributed by atoms with Crippen LogP contribution in [0, 0.1) is 20.2 Å². The van der Waals surface area contributed by atoms with Crippen LogP contribution in [0.4, 0.5) is 17.1 Å². The zero-order valence-corrected chi connectivity index (χ0v) is 10.7. The van der Waals surface area contributed by atoms with Crippen LogP contribution < -0.4 is 5.32 Å². The fraction of sp³-hybridized carbons (Fsp3) is 0.455. The van der Waals surface area contributed by atoms with E-state index >= 15 is 0 Å². The average Bonchev–Trinajstić information content (AvgIpc) is 2.36. The van der Waals surface area contributed by atoms with E-state index in [0.29, 0.717) is 13.2 Å². The van der Waals surface area contributed by atoms with Gasteiger partial charge in [0.2, 0.25) is 0 Å². The van der Waals surface area contributed by atoms with Gasteiger partial charge in [-0.1, -0.05) is 0 Å². The van der Waals surface area contributed by atoms with E-state index in [4.69, 9.17) is 4.74 Å². The van der Waals surface area contributed by atoms with Crippen molar-refractivity contribution >= 4 is 17.1 Å². The largest absolute Gasteiger partial charge is 0.377 e. The molecule has 1 rings (SSSR count). The quantitative estimate of drug-likeness (QED) is 0.601. The van der Waals surface area contributed by atoms with Crippen molar-refractivity contribution in [3.63, 3.8) is 0 Å². The first-order valence-electron chi connectivity index (χ1n) is 5.74. The monoisotopic (exact) mass is 269 g/mol. The molecule has 0 aliphatic rings. The Bertz CT molecular complexity index is 477. The lowest BCUT2D eigenvalue weighted by Crippen LogP contribution is -2.20. The molecule has 8 nitrogen and oxygen atoms in total. The zero-order chi connectivity index (χ0) is 14.4. The van der Waals surface area contributed by atoms with Gasteiger partial charge >= 0.3 is 0 Å². The standard InChI is InChI=1S/C11H15N3O5/c1-3-19-8(2)7-12-10-5-4-9(13(15)16)6-11(10)14(17)18/h4-6,8,12H,3,7H2,1-2H3. The Hall–Kier alpha value is -2.22. The summed E-state index contributed by atoms with van der Waals surface area (Å²) < 4.78 is 5.29. The summed E-state index contributed by atoms with van der Waals surface area (Å²) in [6, 6.07) is 3.49. The molecule has 0 heterocycles. The number of nitro benzene ring substituents is 2. The Morgan fingerprint density at radius 2 is 2.00 bits per heavy atom. The van der Waals surface area contributed by atoms with Crippen LogP contribution in [-0.2, 0) is 4.74 Å². The molecule has 0 bridgehead atoms. The molecule has 0 saturated heterocycles. The second-order valence-electron chi connectivity index (χ2n) is 3.86. The molecule has 8 heteroatoms. The molecule has 0 aromatic heterocycles. The molecular weight excluding hydrogens is 254 g/mol. The van der Waals surface area contributed by atoms with E-state index in [-0.39, 0.29) is 23.2 Å². The van der Waals surface area contributed by atoms with Crippen molar-refractivity contribution < 1.29 is 14.6 Å². The number of non-ortho nitro benzene ring substituents is 1. The minimum absolute atomic E-state index is 0.111. The summed E-state index contributed by atoms with van der Waals surface area (Å²) in [6.45, 7) is 4.61. The summed E-state index contributed by atoms with van der Waals surface area (Å²) in [6.07, 6.45) is -0.111. The molecule has 19 heavy (non-hydrogen) atoms. The number of nitro groups is 2. The van der Waals surface area contributed by atoms with E-state index in [0.717, 1.165) is 6.07 Å². The Morgan fingerprint density at radius 1 is 1.32 bits per heavy atom. The third-order valence-corrected chi connectivity index (χ3v) is 2.42. The predicted molar refractivity (Wildman–Crippen MR) is 69.3 cm³/mol. The van der Waals surface area contributed by atoms with Crippen molar-refractivity contribution in [2.45, 2.75) is 20.0 Å². The third kappa shape index (κ3) is 4.18. The Kier molecular flexibility index (Phi) is 5.19. The number of nitrogens with zero attached hydrogens (tertiary/aromatic N) is 2. The number of anilines is 1. The smallest absolute Gasteiger partial charge is 0.299 e. The molecule has 1 N–H and O–H groups in total. The fourth-order valence-electron chi connectivity index (χ4n) is 1.53. The maximum atomic E-state index is 10.9. The molecule has 0 aliphatic heterocycles. The molecule has 1 unspecified atom stereocenters. The van der Waals surface area contributed by atoms with Crippen molar-refractivity contribution in [3.05, 3.63) is 38.4 Å². The summed E-state index contributed by atoms with van der Waals surface area (Å²) in [4.78, 5) is 20.1. The van der Waals surface area contributed by atoms with E-state index in [1.807, 2.05) is 13.8 Å². The molecule has 1 aromatic rings. The van der Waals surface area contributed by atoms with Crippen molar-refractivity contribution in [3.8, 4) is 0 Å². The van der Waals surface area contributed by atoms with Crippen molar-refractivity contribution in [2.24, 2.45) is 0 Å². The highest BCUT2D eigenvalue weighted by Crippen LogP contribution is 2.28. The molecule has 1 aromatic carbocycles. The summed E-state index contributed by atoms with van der Waals surface area (Å²) in [5.41, 5.74) is -0.393. The molecule has 104 valence electrons. The van der Waals surface area contributed by atoms with Crippen LogP contribution in [0.1, 0.15) is 13.8 Å². The van der Waals surface area contributed by atoms with Crippen LogP contribution in [0.15, 0.2) is 18.2 Å². The number of rotatable bonds is 7. The van der Waals surface area contributed by atoms with Crippen LogP contribution in [0.2, 0.25) is 0 Å². The van der Waals surface area contributed by atoms with Crippen LogP contribution >= 0.6 is 0 Å². The predicted octanol–water partition coefficient (Wildman–Crippen LogP) is 2.34. The Labute approximate surface area is 109 Å². The van der Waals surface area contributed by atoms with E-state index in [1.165, 1.54) is 12.1 Å². The Balaban J connectivity index is 2.88. The number of nitrogens with one attached hydrogen (secondary N) is 1. The topological polar surface area (TPSA) is 108 Å². The van der Waals surface area contributed by atoms with Gasteiger partial charge in [-0.05, 0) is 19.9 Å². The molecule has 0 saturated carbocycles. The van der Waals surface area contributed by atoms with Gasteiger partial charge in [-0.3, -0.25) is 20.2 Å². The van der Waals surface area contributed by atoms with E-state index in [2.05, 4.69) is 5.32 Å². The first-order chi connectivity index (χ1) is 8.95. The maximum absolute atomic E-state index is 10.9. The highest BCUT2D eigenvalue weighted by Gasteiger charge is 2.19. The second-order valence-corrected chi connectivity index (χ2v) is 3.86. The zero-order valence-electron chi connectivity index (χ0n) is 10.7. The molecular formula is C11H15N3O5. The van der Waals surface area contributed by atoms with Gasteiger partial charge in [0, 0.05) is 19.2 Å². The van der Waals surface area contributed by atoms with Crippen molar-refractivity contribution in [1.29, 1.82) is 0 Å². The second kappa shape index (κ2) is 6.64. The molecule has 0 spiro atoms. The highest BCUT2D eigenvalue weighted by atomic mass is 16.6. The van der Waals surface area contributed by atoms with Gasteiger partial charge in [0.15, 0.2) is 0 Å². The van der Waals surface area contributed by atoms with Crippen LogP contribution in [0.3, 0.4) is 0 Å². The molecule has 0 aliphatic carbocycles. The summed E-state index contributed by atoms with van der Waals surface area (Å²) in [7, 11) is 0. The van der Waals surface area contributed by atoms with Crippen LogP contribution in [0.25, 0.3) is 0 Å². The SMILES string of the molecule is CCOC(C)CNc1ccc([N+](=O)[O-])cc1[N+](=O)[O-]. The number of hydrogen-bond donors (Lipinski definition) is 1. The van der Waals surface area contributed by atoms with Gasteiger partial charge in [-0.2, -0.15) is 0 Å². The van der Waals surface area contributed by atoms with Gasteiger partial charge in [0.25, 0.3) is 11.4 Å². The normalized spacial score (nSPS) is 11.9. The minimum Gasteiger partial charge on any atom is -0.377 e. The van der Waals surface area contributed by atoms with E-state index in [9.17, 15) is 20.2 Å². The first-order valence-corrected chi connectivity index (χ1v) is 5.74. The van der Waals surface area contributed by atoms with Gasteiger partial charge < -0.3 is 10.1 Å². The average molecular weight is 269 g/mol. The van der Waals surface area contributed by atoms with E-state index < -0.39 is 9.85 Å². The van der Waals surface area contributed by atoms with Crippen LogP contribution in [0.5, 0.6) is 0 Å². The fourth-order valence-corrected chi connectivity index (χ4v) is 1.53. The van der Waals surface area contributed by atoms with Crippen LogP contribution in [-0.4, -0.2) is 29.1 Å². The lowest BCUT2D eigenvalue weighted by atomic mass is 10.2. The number of benzene rings is 1. The summed E-state index contributed by atoms with van der Waals surface area (Å²) >= 11 is 0. The molecule has 1 atom stereocenters. The molecule has 0 amide bonds. The van der Waals surface area contributed by atoms with Gasteiger partial charge in [-0.15, -0.1) is 0 Å². The summed E-state index contributed by atoms with van der Waals surface area (Å²) in [5.74, 6) is 0. The van der Waals surface area contributed by atoms with Gasteiger partial charge in [0.1, 0.15) is 5.69 Å². The minimum atomic E-state index is -0.667. The third-order valence-electron chi connectivity index (χ3n) is 2.42. The maximum Gasteiger partial charge on any atom is 0.299 e. The van der Waals surface area contributed by atoms with Gasteiger partial charge in [-0.25, -0.2) is 0 Å². The van der Waals surface area contributed by atoms with Gasteiger partial charge in [0.05, 0.1) is 22.0 Å². The first kappa shape index (κ1) is 14.8. The number of ether oxygens (including phenoxy) is 1. The lowest BCUT2D eigenvalue weighted by molar-refractivity contribution is -0.393. The summed E-state index contributed by atoms with van der Waals surface area (Å²) in [5, 5.41) is 24.3. The Morgan fingerprint density at radius 3 is 2.53 bits per heavy atom. The van der Waals surface area contributed by atoms with E-state index in [1.54, 1.807) is 0 Å². The van der Waals surface area contributed by atoms with Crippen molar-refractivity contribution in [2.75, 3.05) is 18.5 Å². The highest BCUT2D eigenvalue weighted by molar-refractivity contribution is 5.65. The number of hydrogen-bond acceptors (Lipinski definition) is 6. The molecule has 0 fully saturated rings.